The fourth-order valence-corrected chi connectivity index (χ4v) is 3.25. The molecule has 21 heavy (non-hydrogen) atoms. The molecule has 2 fully saturated rings. The summed E-state index contributed by atoms with van der Waals surface area (Å²) in [6, 6.07) is 0.363. The number of rotatable bonds is 5. The predicted molar refractivity (Wildman–Crippen MR) is 80.1 cm³/mol. The van der Waals surface area contributed by atoms with Crippen molar-refractivity contribution < 1.29 is 14.7 Å². The summed E-state index contributed by atoms with van der Waals surface area (Å²) < 4.78 is 0. The predicted octanol–water partition coefficient (Wildman–Crippen LogP) is 1.22. The van der Waals surface area contributed by atoms with E-state index in [-0.39, 0.29) is 18.5 Å². The summed E-state index contributed by atoms with van der Waals surface area (Å²) in [4.78, 5) is 27.6. The van der Waals surface area contributed by atoms with Crippen LogP contribution in [0.2, 0.25) is 0 Å². The van der Waals surface area contributed by atoms with Gasteiger partial charge in [0, 0.05) is 25.7 Å². The number of carbonyl (C=O) groups excluding carboxylic acids is 1. The Bertz CT molecular complexity index is 380. The van der Waals surface area contributed by atoms with E-state index in [4.69, 9.17) is 5.11 Å². The van der Waals surface area contributed by atoms with Gasteiger partial charge in [0.2, 0.25) is 0 Å². The molecule has 2 aliphatic heterocycles. The molecule has 0 radical (unpaired) electrons. The van der Waals surface area contributed by atoms with Crippen LogP contribution in [-0.4, -0.2) is 65.7 Å². The van der Waals surface area contributed by atoms with Gasteiger partial charge in [0.05, 0.1) is 5.92 Å². The van der Waals surface area contributed by atoms with Crippen LogP contribution in [0.25, 0.3) is 0 Å². The molecule has 2 aliphatic rings. The van der Waals surface area contributed by atoms with Crippen molar-refractivity contribution in [3.8, 4) is 0 Å². The van der Waals surface area contributed by atoms with Crippen LogP contribution in [0.3, 0.4) is 0 Å². The van der Waals surface area contributed by atoms with Gasteiger partial charge in [0.1, 0.15) is 0 Å². The van der Waals surface area contributed by atoms with Gasteiger partial charge in [-0.2, -0.15) is 0 Å². The van der Waals surface area contributed by atoms with E-state index in [2.05, 4.69) is 10.2 Å². The molecule has 0 saturated carbocycles. The van der Waals surface area contributed by atoms with E-state index >= 15 is 0 Å². The SMILES string of the molecule is CC(C)C(CNC(=O)N1CCC(N2CCCC2)C1)C(=O)O. The van der Waals surface area contributed by atoms with Crippen LogP contribution in [0.5, 0.6) is 0 Å². The van der Waals surface area contributed by atoms with E-state index in [1.165, 1.54) is 12.8 Å². The number of likely N-dealkylation sites (tertiary alicyclic amines) is 2. The van der Waals surface area contributed by atoms with Crippen LogP contribution in [0.4, 0.5) is 4.79 Å². The minimum atomic E-state index is -0.846. The average molecular weight is 297 g/mol. The molecule has 2 unspecified atom stereocenters. The maximum Gasteiger partial charge on any atom is 0.317 e. The molecule has 0 bridgehead atoms. The molecule has 6 heteroatoms. The van der Waals surface area contributed by atoms with Gasteiger partial charge in [-0.25, -0.2) is 4.79 Å². The molecule has 120 valence electrons. The maximum absolute atomic E-state index is 12.2. The first-order valence-electron chi connectivity index (χ1n) is 7.98. The second kappa shape index (κ2) is 7.11. The Morgan fingerprint density at radius 2 is 1.90 bits per heavy atom. The monoisotopic (exact) mass is 297 g/mol. The van der Waals surface area contributed by atoms with Gasteiger partial charge in [-0.05, 0) is 38.3 Å². The smallest absolute Gasteiger partial charge is 0.317 e. The van der Waals surface area contributed by atoms with Crippen molar-refractivity contribution in [3.63, 3.8) is 0 Å². The van der Waals surface area contributed by atoms with E-state index in [0.29, 0.717) is 6.04 Å². The zero-order valence-electron chi connectivity index (χ0n) is 13.0. The number of nitrogens with one attached hydrogen (secondary N) is 1. The normalized spacial score (nSPS) is 24.5. The molecule has 0 aliphatic carbocycles. The zero-order chi connectivity index (χ0) is 15.4. The lowest BCUT2D eigenvalue weighted by Crippen LogP contribution is -2.44. The highest BCUT2D eigenvalue weighted by Crippen LogP contribution is 2.20. The number of amides is 2. The van der Waals surface area contributed by atoms with E-state index in [1.54, 1.807) is 0 Å². The molecule has 2 amide bonds. The van der Waals surface area contributed by atoms with E-state index in [0.717, 1.165) is 32.6 Å². The summed E-state index contributed by atoms with van der Waals surface area (Å²) >= 11 is 0. The lowest BCUT2D eigenvalue weighted by molar-refractivity contribution is -0.142. The minimum absolute atomic E-state index is 0.0127. The first-order chi connectivity index (χ1) is 9.99. The highest BCUT2D eigenvalue weighted by Gasteiger charge is 2.32. The van der Waals surface area contributed by atoms with Gasteiger partial charge in [-0.3, -0.25) is 9.69 Å². The minimum Gasteiger partial charge on any atom is -0.481 e. The van der Waals surface area contributed by atoms with Gasteiger partial charge >= 0.3 is 12.0 Å². The van der Waals surface area contributed by atoms with Crippen LogP contribution in [0.1, 0.15) is 33.1 Å². The number of aliphatic carboxylic acids is 1. The fourth-order valence-electron chi connectivity index (χ4n) is 3.25. The summed E-state index contributed by atoms with van der Waals surface area (Å²) in [7, 11) is 0. The Labute approximate surface area is 126 Å². The molecular weight excluding hydrogens is 270 g/mol. The third-order valence-electron chi connectivity index (χ3n) is 4.70. The van der Waals surface area contributed by atoms with Crippen molar-refractivity contribution in [3.05, 3.63) is 0 Å². The third-order valence-corrected chi connectivity index (χ3v) is 4.70. The summed E-state index contributed by atoms with van der Waals surface area (Å²) in [5.41, 5.74) is 0. The lowest BCUT2D eigenvalue weighted by Gasteiger charge is -2.24. The molecule has 2 rings (SSSR count). The highest BCUT2D eigenvalue weighted by molar-refractivity contribution is 5.76. The molecule has 2 saturated heterocycles. The Morgan fingerprint density at radius 1 is 1.24 bits per heavy atom. The van der Waals surface area contributed by atoms with Crippen LogP contribution in [0, 0.1) is 11.8 Å². The van der Waals surface area contributed by atoms with Crippen molar-refractivity contribution in [2.45, 2.75) is 39.2 Å². The lowest BCUT2D eigenvalue weighted by atomic mass is 9.96. The molecule has 0 aromatic heterocycles. The number of carboxylic acid groups (broad SMARTS) is 1. The Kier molecular flexibility index (Phi) is 5.45. The number of carboxylic acids is 1. The Balaban J connectivity index is 1.77. The number of hydrogen-bond acceptors (Lipinski definition) is 3. The van der Waals surface area contributed by atoms with Crippen molar-refractivity contribution >= 4 is 12.0 Å². The molecule has 6 nitrogen and oxygen atoms in total. The largest absolute Gasteiger partial charge is 0.481 e. The number of hydrogen-bond donors (Lipinski definition) is 2. The molecular formula is C15H27N3O3. The van der Waals surface area contributed by atoms with Crippen molar-refractivity contribution in [1.82, 2.24) is 15.1 Å². The molecule has 0 aromatic rings. The van der Waals surface area contributed by atoms with Crippen molar-refractivity contribution in [2.75, 3.05) is 32.7 Å². The van der Waals surface area contributed by atoms with Gasteiger partial charge < -0.3 is 15.3 Å². The first-order valence-corrected chi connectivity index (χ1v) is 7.98. The average Bonchev–Trinajstić information content (AvgIpc) is 3.08. The maximum atomic E-state index is 12.2. The van der Waals surface area contributed by atoms with E-state index < -0.39 is 11.9 Å². The molecule has 2 N–H and O–H groups in total. The van der Waals surface area contributed by atoms with Crippen molar-refractivity contribution in [1.29, 1.82) is 0 Å². The van der Waals surface area contributed by atoms with Crippen LogP contribution in [-0.2, 0) is 4.79 Å². The zero-order valence-corrected chi connectivity index (χ0v) is 13.0. The molecule has 0 aromatic carbocycles. The van der Waals surface area contributed by atoms with Crippen LogP contribution >= 0.6 is 0 Å². The molecule has 2 atom stereocenters. The van der Waals surface area contributed by atoms with Crippen molar-refractivity contribution in [2.24, 2.45) is 11.8 Å². The van der Waals surface area contributed by atoms with E-state index in [1.807, 2.05) is 18.7 Å². The standard InChI is InChI=1S/C15H27N3O3/c1-11(2)13(14(19)20)9-16-15(21)18-8-5-12(10-18)17-6-3-4-7-17/h11-13H,3-10H2,1-2H3,(H,16,21)(H,19,20). The topological polar surface area (TPSA) is 72.9 Å². The number of carbonyl (C=O) groups is 2. The summed E-state index contributed by atoms with van der Waals surface area (Å²) in [5, 5.41) is 11.9. The second-order valence-electron chi connectivity index (χ2n) is 6.51. The quantitative estimate of drug-likeness (QED) is 0.800. The van der Waals surface area contributed by atoms with Gasteiger partial charge in [0.25, 0.3) is 0 Å². The number of urea groups is 1. The van der Waals surface area contributed by atoms with Crippen LogP contribution in [0.15, 0.2) is 0 Å². The van der Waals surface area contributed by atoms with Gasteiger partial charge in [0.15, 0.2) is 0 Å². The highest BCUT2D eigenvalue weighted by atomic mass is 16.4. The first kappa shape index (κ1) is 16.1. The Morgan fingerprint density at radius 3 is 2.48 bits per heavy atom. The van der Waals surface area contributed by atoms with Gasteiger partial charge in [-0.1, -0.05) is 13.8 Å². The van der Waals surface area contributed by atoms with Gasteiger partial charge in [-0.15, -0.1) is 0 Å². The number of nitrogens with zero attached hydrogens (tertiary/aromatic N) is 2. The second-order valence-corrected chi connectivity index (χ2v) is 6.51. The molecule has 2 heterocycles. The van der Waals surface area contributed by atoms with Crippen LogP contribution < -0.4 is 5.32 Å². The summed E-state index contributed by atoms with van der Waals surface area (Å²) in [5.74, 6) is -1.36. The van der Waals surface area contributed by atoms with E-state index in [9.17, 15) is 9.59 Å². The summed E-state index contributed by atoms with van der Waals surface area (Å²) in [6.45, 7) is 7.77. The molecule has 0 spiro atoms. The third kappa shape index (κ3) is 4.09. The summed E-state index contributed by atoms with van der Waals surface area (Å²) in [6.07, 6.45) is 3.55. The fraction of sp³-hybridized carbons (Fsp3) is 0.867. The Hall–Kier alpha value is -1.30.